The molecule has 3 heterocycles. The van der Waals surface area contributed by atoms with E-state index in [1.807, 2.05) is 13.0 Å². The molecule has 9 unspecified atom stereocenters. The number of nitrogens with one attached hydrogen (secondary N) is 2. The topological polar surface area (TPSA) is 161 Å². The molecule has 2 amide bonds. The molecule has 0 spiro atoms. The van der Waals surface area contributed by atoms with E-state index in [-0.39, 0.29) is 19.0 Å². The summed E-state index contributed by atoms with van der Waals surface area (Å²) >= 11 is 0. The molecule has 3 rings (SSSR count). The molecule has 12 heteroatoms. The van der Waals surface area contributed by atoms with Crippen LogP contribution >= 0.6 is 7.60 Å². The third-order valence-electron chi connectivity index (χ3n) is 7.20. The highest BCUT2D eigenvalue weighted by Crippen LogP contribution is 2.59. The highest BCUT2D eigenvalue weighted by molar-refractivity contribution is 7.54. The third kappa shape index (κ3) is 4.60. The predicted octanol–water partition coefficient (Wildman–Crippen LogP) is 1.30. The van der Waals surface area contributed by atoms with Crippen LogP contribution in [0.4, 0.5) is 4.79 Å². The highest BCUT2D eigenvalue weighted by atomic mass is 31.2. The zero-order chi connectivity index (χ0) is 24.9. The van der Waals surface area contributed by atoms with Gasteiger partial charge in [0.05, 0.1) is 11.7 Å². The van der Waals surface area contributed by atoms with Crippen LogP contribution in [0.1, 0.15) is 54.4 Å². The SMILES string of the molecule is CCC(C)(OP(=O)(O)C(C)(O)CC)C(C)C1OC(N2C=C3C=C(C)NC3NC2=O)C(O)C1O. The quantitative estimate of drug-likeness (QED) is 0.276. The van der Waals surface area contributed by atoms with E-state index in [1.165, 1.54) is 11.8 Å². The lowest BCUT2D eigenvalue weighted by Gasteiger charge is -2.42. The van der Waals surface area contributed by atoms with Crippen molar-refractivity contribution in [1.29, 1.82) is 0 Å². The number of carbonyl (C=O) groups is 1. The Morgan fingerprint density at radius 2 is 1.88 bits per heavy atom. The minimum Gasteiger partial charge on any atom is -0.388 e. The van der Waals surface area contributed by atoms with Gasteiger partial charge < -0.3 is 35.6 Å². The van der Waals surface area contributed by atoms with Crippen LogP contribution in [0.15, 0.2) is 23.5 Å². The molecule has 0 aromatic heterocycles. The van der Waals surface area contributed by atoms with Crippen LogP contribution in [0.2, 0.25) is 0 Å². The molecule has 188 valence electrons. The zero-order valence-corrected chi connectivity index (χ0v) is 20.7. The maximum Gasteiger partial charge on any atom is 0.359 e. The van der Waals surface area contributed by atoms with Gasteiger partial charge in [-0.25, -0.2) is 4.79 Å². The average molecular weight is 490 g/mol. The van der Waals surface area contributed by atoms with E-state index in [0.29, 0.717) is 0 Å². The molecule has 6 N–H and O–H groups in total. The first-order valence-corrected chi connectivity index (χ1v) is 12.8. The van der Waals surface area contributed by atoms with Gasteiger partial charge >= 0.3 is 13.6 Å². The van der Waals surface area contributed by atoms with Gasteiger partial charge in [-0.05, 0) is 39.7 Å². The van der Waals surface area contributed by atoms with E-state index in [4.69, 9.17) is 9.26 Å². The number of hydrogen-bond donors (Lipinski definition) is 6. The van der Waals surface area contributed by atoms with E-state index >= 15 is 0 Å². The molecular weight excluding hydrogens is 453 g/mol. The monoisotopic (exact) mass is 489 g/mol. The van der Waals surface area contributed by atoms with Crippen LogP contribution in [0, 0.1) is 5.92 Å². The highest BCUT2D eigenvalue weighted by Gasteiger charge is 2.55. The van der Waals surface area contributed by atoms with Crippen LogP contribution in [0.5, 0.6) is 0 Å². The summed E-state index contributed by atoms with van der Waals surface area (Å²) in [6, 6.07) is -0.503. The molecule has 9 atom stereocenters. The van der Waals surface area contributed by atoms with Crippen molar-refractivity contribution in [3.05, 3.63) is 23.5 Å². The van der Waals surface area contributed by atoms with Crippen LogP contribution < -0.4 is 10.6 Å². The van der Waals surface area contributed by atoms with Gasteiger partial charge in [0, 0.05) is 23.4 Å². The second-order valence-electron chi connectivity index (χ2n) is 9.50. The van der Waals surface area contributed by atoms with E-state index in [1.54, 1.807) is 33.9 Å². The van der Waals surface area contributed by atoms with Crippen LogP contribution in [0.25, 0.3) is 0 Å². The number of fused-ring (bicyclic) bond motifs is 1. The Labute approximate surface area is 194 Å². The summed E-state index contributed by atoms with van der Waals surface area (Å²) in [6.07, 6.45) is -1.66. The largest absolute Gasteiger partial charge is 0.388 e. The number of hydrogen-bond acceptors (Lipinski definition) is 8. The molecule has 11 nitrogen and oxygen atoms in total. The molecular formula is C21H36N3O8P. The van der Waals surface area contributed by atoms with Gasteiger partial charge in [-0.3, -0.25) is 14.0 Å². The summed E-state index contributed by atoms with van der Waals surface area (Å²) in [5.74, 6) is -0.686. The van der Waals surface area contributed by atoms with Gasteiger partial charge in [0.2, 0.25) is 0 Å². The summed E-state index contributed by atoms with van der Waals surface area (Å²) < 4.78 is 24.4. The van der Waals surface area contributed by atoms with Gasteiger partial charge in [0.25, 0.3) is 0 Å². The normalized spacial score (nSPS) is 35.9. The van der Waals surface area contributed by atoms with Crippen LogP contribution in [0.3, 0.4) is 0 Å². The standard InChI is InChI=1S/C21H36N3O8P/c1-7-20(5,32-33(29,30)21(6,28)8-2)12(4)16-14(25)15(26)18(31-16)24-10-13-9-11(3)22-17(13)23-19(24)27/h9-10,12,14-18,22,25-26,28H,7-8H2,1-6H3,(H,23,27)(H,29,30). The first kappa shape index (κ1) is 26.2. The Bertz CT molecular complexity index is 893. The summed E-state index contributed by atoms with van der Waals surface area (Å²) in [5, 5.41) is 35.8. The van der Waals surface area contributed by atoms with E-state index in [2.05, 4.69) is 10.6 Å². The second kappa shape index (κ2) is 8.96. The first-order valence-electron chi connectivity index (χ1n) is 11.2. The average Bonchev–Trinajstić information content (AvgIpc) is 3.24. The Morgan fingerprint density at radius 3 is 2.45 bits per heavy atom. The van der Waals surface area contributed by atoms with E-state index in [9.17, 15) is 29.6 Å². The molecule has 33 heavy (non-hydrogen) atoms. The Kier molecular flexibility index (Phi) is 7.10. The van der Waals surface area contributed by atoms with Crippen molar-refractivity contribution in [2.45, 2.75) is 96.0 Å². The minimum absolute atomic E-state index is 0.000800. The number of aliphatic hydroxyl groups excluding tert-OH is 2. The fraction of sp³-hybridized carbons (Fsp3) is 0.762. The molecule has 0 bridgehead atoms. The van der Waals surface area contributed by atoms with Crippen LogP contribution in [-0.4, -0.2) is 72.8 Å². The van der Waals surface area contributed by atoms with Gasteiger partial charge in [0.1, 0.15) is 18.4 Å². The molecule has 0 radical (unpaired) electrons. The smallest absolute Gasteiger partial charge is 0.359 e. The van der Waals surface area contributed by atoms with Gasteiger partial charge in [-0.1, -0.05) is 20.8 Å². The molecule has 0 aromatic rings. The number of allylic oxidation sites excluding steroid dienone is 1. The number of ether oxygens (including phenoxy) is 1. The molecule has 0 aromatic carbocycles. The molecule has 1 saturated heterocycles. The first-order chi connectivity index (χ1) is 15.2. The van der Waals surface area contributed by atoms with Crippen molar-refractivity contribution in [2.24, 2.45) is 5.92 Å². The van der Waals surface area contributed by atoms with Gasteiger partial charge in [-0.2, -0.15) is 0 Å². The number of nitrogens with zero attached hydrogens (tertiary/aromatic N) is 1. The Balaban J connectivity index is 1.83. The lowest BCUT2D eigenvalue weighted by molar-refractivity contribution is -0.111. The van der Waals surface area contributed by atoms with Gasteiger partial charge in [-0.15, -0.1) is 0 Å². The third-order valence-corrected chi connectivity index (χ3v) is 9.40. The van der Waals surface area contributed by atoms with E-state index in [0.717, 1.165) is 11.3 Å². The lowest BCUT2D eigenvalue weighted by atomic mass is 9.82. The fourth-order valence-electron chi connectivity index (χ4n) is 4.25. The number of aliphatic hydroxyl groups is 3. The molecule has 1 fully saturated rings. The number of amides is 2. The molecule has 3 aliphatic rings. The summed E-state index contributed by atoms with van der Waals surface area (Å²) in [4.78, 5) is 24.3. The predicted molar refractivity (Wildman–Crippen MR) is 119 cm³/mol. The van der Waals surface area contributed by atoms with Crippen molar-refractivity contribution >= 4 is 13.6 Å². The fourth-order valence-corrected chi connectivity index (χ4v) is 5.71. The number of carbonyl (C=O) groups excluding carboxylic acids is 1. The van der Waals surface area contributed by atoms with Crippen molar-refractivity contribution < 1.29 is 38.8 Å². The van der Waals surface area contributed by atoms with Crippen molar-refractivity contribution in [1.82, 2.24) is 15.5 Å². The number of urea groups is 1. The molecule has 3 aliphatic heterocycles. The zero-order valence-electron chi connectivity index (χ0n) is 19.8. The van der Waals surface area contributed by atoms with Crippen molar-refractivity contribution in [3.63, 3.8) is 0 Å². The molecule has 0 aliphatic carbocycles. The minimum atomic E-state index is -4.47. The summed E-state index contributed by atoms with van der Waals surface area (Å²) in [6.45, 7) is 9.68. The summed E-state index contributed by atoms with van der Waals surface area (Å²) in [7, 11) is -4.47. The van der Waals surface area contributed by atoms with Crippen molar-refractivity contribution in [2.75, 3.05) is 0 Å². The van der Waals surface area contributed by atoms with Gasteiger partial charge in [0.15, 0.2) is 11.6 Å². The maximum absolute atomic E-state index is 12.8. The maximum atomic E-state index is 12.8. The van der Waals surface area contributed by atoms with E-state index < -0.39 is 55.0 Å². The Morgan fingerprint density at radius 1 is 1.24 bits per heavy atom. The second-order valence-corrected chi connectivity index (χ2v) is 11.7. The molecule has 0 saturated carbocycles. The van der Waals surface area contributed by atoms with Crippen LogP contribution in [-0.2, 0) is 13.8 Å². The number of rotatable bonds is 8. The lowest BCUT2D eigenvalue weighted by Crippen LogP contribution is -2.56. The Hall–Kier alpha value is -1.46. The summed E-state index contributed by atoms with van der Waals surface area (Å²) in [5.41, 5.74) is 0.367. The van der Waals surface area contributed by atoms with Crippen molar-refractivity contribution in [3.8, 4) is 0 Å².